The van der Waals surface area contributed by atoms with Crippen LogP contribution in [0.5, 0.6) is 0 Å². The van der Waals surface area contributed by atoms with Crippen LogP contribution in [0.15, 0.2) is 47.2 Å². The highest BCUT2D eigenvalue weighted by molar-refractivity contribution is 9.10. The predicted octanol–water partition coefficient (Wildman–Crippen LogP) is 2.52. The van der Waals surface area contributed by atoms with Crippen LogP contribution in [-0.2, 0) is 17.8 Å². The van der Waals surface area contributed by atoms with Gasteiger partial charge in [-0.25, -0.2) is 0 Å². The first-order valence-corrected chi connectivity index (χ1v) is 6.57. The van der Waals surface area contributed by atoms with Gasteiger partial charge in [-0.15, -0.1) is 0 Å². The molecule has 0 saturated carbocycles. The Morgan fingerprint density at radius 3 is 2.79 bits per heavy atom. The van der Waals surface area contributed by atoms with Gasteiger partial charge in [0.2, 0.25) is 5.91 Å². The number of benzene rings is 1. The number of aliphatic hydroxyl groups is 1. The topological polar surface area (TPSA) is 62.2 Å². The first-order chi connectivity index (χ1) is 9.20. The minimum atomic E-state index is -0.144. The highest BCUT2D eigenvalue weighted by atomic mass is 79.9. The Bertz CT molecular complexity index is 587. The van der Waals surface area contributed by atoms with E-state index in [0.29, 0.717) is 11.3 Å². The molecule has 0 atom stereocenters. The maximum atomic E-state index is 12.0. The highest BCUT2D eigenvalue weighted by Crippen LogP contribution is 2.18. The average molecular weight is 321 g/mol. The number of hydrogen-bond donors (Lipinski definition) is 2. The maximum Gasteiger partial charge on any atom is 0.228 e. The summed E-state index contributed by atoms with van der Waals surface area (Å²) in [5.41, 5.74) is 2.10. The van der Waals surface area contributed by atoms with E-state index in [-0.39, 0.29) is 18.9 Å². The van der Waals surface area contributed by atoms with Gasteiger partial charge in [0.15, 0.2) is 0 Å². The summed E-state index contributed by atoms with van der Waals surface area (Å²) in [4.78, 5) is 15.9. The molecule has 4 nitrogen and oxygen atoms in total. The Balaban J connectivity index is 2.08. The maximum absolute atomic E-state index is 12.0. The highest BCUT2D eigenvalue weighted by Gasteiger charge is 2.09. The molecule has 0 spiro atoms. The zero-order chi connectivity index (χ0) is 13.7. The summed E-state index contributed by atoms with van der Waals surface area (Å²) in [7, 11) is 0. The van der Waals surface area contributed by atoms with E-state index in [1.165, 1.54) is 6.20 Å². The van der Waals surface area contributed by atoms with E-state index in [0.717, 1.165) is 10.0 Å². The molecule has 2 rings (SSSR count). The van der Waals surface area contributed by atoms with Crippen molar-refractivity contribution in [2.45, 2.75) is 13.0 Å². The second-order valence-corrected chi connectivity index (χ2v) is 4.86. The van der Waals surface area contributed by atoms with E-state index < -0.39 is 0 Å². The molecule has 0 fully saturated rings. The number of aliphatic hydroxyl groups excluding tert-OH is 1. The monoisotopic (exact) mass is 320 g/mol. The summed E-state index contributed by atoms with van der Waals surface area (Å²) >= 11 is 3.41. The van der Waals surface area contributed by atoms with Crippen LogP contribution >= 0.6 is 15.9 Å². The summed E-state index contributed by atoms with van der Waals surface area (Å²) in [6.07, 6.45) is 3.37. The third-order valence-corrected chi connectivity index (χ3v) is 3.44. The lowest BCUT2D eigenvalue weighted by atomic mass is 10.1. The van der Waals surface area contributed by atoms with Crippen molar-refractivity contribution in [3.05, 3.63) is 58.3 Å². The molecule has 1 aromatic heterocycles. The lowest BCUT2D eigenvalue weighted by molar-refractivity contribution is -0.115. The van der Waals surface area contributed by atoms with Gasteiger partial charge in [0.05, 0.1) is 24.9 Å². The summed E-state index contributed by atoms with van der Waals surface area (Å²) in [6, 6.07) is 9.24. The van der Waals surface area contributed by atoms with Gasteiger partial charge in [-0.05, 0) is 17.7 Å². The lowest BCUT2D eigenvalue weighted by Gasteiger charge is -2.09. The second-order valence-electron chi connectivity index (χ2n) is 4.01. The fourth-order valence-electron chi connectivity index (χ4n) is 1.68. The van der Waals surface area contributed by atoms with E-state index in [2.05, 4.69) is 26.2 Å². The van der Waals surface area contributed by atoms with Crippen LogP contribution in [0, 0.1) is 0 Å². The van der Waals surface area contributed by atoms with Crippen molar-refractivity contribution < 1.29 is 9.90 Å². The lowest BCUT2D eigenvalue weighted by Crippen LogP contribution is -2.16. The number of hydrogen-bond acceptors (Lipinski definition) is 3. The van der Waals surface area contributed by atoms with Crippen LogP contribution in [0.2, 0.25) is 0 Å². The normalized spacial score (nSPS) is 10.2. The number of amides is 1. The van der Waals surface area contributed by atoms with Crippen LogP contribution in [0.3, 0.4) is 0 Å². The summed E-state index contributed by atoms with van der Waals surface area (Å²) in [5.74, 6) is -0.144. The Kier molecular flexibility index (Phi) is 4.65. The number of aromatic nitrogens is 1. The van der Waals surface area contributed by atoms with Gasteiger partial charge in [0.25, 0.3) is 0 Å². The summed E-state index contributed by atoms with van der Waals surface area (Å²) in [5, 5.41) is 11.9. The molecule has 5 heteroatoms. The van der Waals surface area contributed by atoms with Crippen LogP contribution in [0.4, 0.5) is 5.69 Å². The van der Waals surface area contributed by atoms with Crippen LogP contribution in [-0.4, -0.2) is 16.0 Å². The number of halogens is 1. The van der Waals surface area contributed by atoms with E-state index in [4.69, 9.17) is 0 Å². The van der Waals surface area contributed by atoms with Crippen molar-refractivity contribution in [3.63, 3.8) is 0 Å². The molecule has 0 aliphatic rings. The summed E-state index contributed by atoms with van der Waals surface area (Å²) in [6.45, 7) is -0.132. The van der Waals surface area contributed by atoms with Gasteiger partial charge in [-0.3, -0.25) is 9.78 Å². The minimum absolute atomic E-state index is 0.132. The molecule has 19 heavy (non-hydrogen) atoms. The van der Waals surface area contributed by atoms with Gasteiger partial charge >= 0.3 is 0 Å². The molecule has 0 aliphatic heterocycles. The molecule has 0 aliphatic carbocycles. The van der Waals surface area contributed by atoms with E-state index in [1.54, 1.807) is 12.3 Å². The number of nitrogens with one attached hydrogen (secondary N) is 1. The molecule has 0 bridgehead atoms. The third kappa shape index (κ3) is 3.62. The van der Waals surface area contributed by atoms with Crippen molar-refractivity contribution in [3.8, 4) is 0 Å². The fraction of sp³-hybridized carbons (Fsp3) is 0.143. The molecule has 2 aromatic rings. The second kappa shape index (κ2) is 6.45. The number of anilines is 1. The van der Waals surface area contributed by atoms with Crippen molar-refractivity contribution in [2.75, 3.05) is 5.32 Å². The zero-order valence-electron chi connectivity index (χ0n) is 10.1. The Morgan fingerprint density at radius 2 is 2.05 bits per heavy atom. The van der Waals surface area contributed by atoms with Gasteiger partial charge < -0.3 is 10.4 Å². The van der Waals surface area contributed by atoms with Crippen LogP contribution < -0.4 is 5.32 Å². The number of pyridine rings is 1. The first-order valence-electron chi connectivity index (χ1n) is 5.77. The number of carbonyl (C=O) groups is 1. The van der Waals surface area contributed by atoms with E-state index in [9.17, 15) is 9.90 Å². The van der Waals surface area contributed by atoms with E-state index >= 15 is 0 Å². The van der Waals surface area contributed by atoms with Crippen LogP contribution in [0.25, 0.3) is 0 Å². The van der Waals surface area contributed by atoms with Crippen LogP contribution in [0.1, 0.15) is 11.1 Å². The Morgan fingerprint density at radius 1 is 1.26 bits per heavy atom. The van der Waals surface area contributed by atoms with Crippen molar-refractivity contribution in [1.29, 1.82) is 0 Å². The molecule has 1 heterocycles. The fourth-order valence-corrected chi connectivity index (χ4v) is 2.11. The summed E-state index contributed by atoms with van der Waals surface area (Å²) < 4.78 is 0.902. The van der Waals surface area contributed by atoms with E-state index in [1.807, 2.05) is 24.3 Å². The quantitative estimate of drug-likeness (QED) is 0.910. The molecular formula is C14H13BrN2O2. The Hall–Kier alpha value is -1.72. The molecule has 98 valence electrons. The van der Waals surface area contributed by atoms with Gasteiger partial charge in [-0.2, -0.15) is 0 Å². The molecule has 2 N–H and O–H groups in total. The van der Waals surface area contributed by atoms with Gasteiger partial charge in [-0.1, -0.05) is 34.1 Å². The molecule has 0 saturated heterocycles. The standard InChI is InChI=1S/C14H13BrN2O2/c15-12-4-2-1-3-10(12)7-14(19)17-13-8-16-6-5-11(13)9-18/h1-6,8,18H,7,9H2,(H,17,19). The van der Waals surface area contributed by atoms with Crippen molar-refractivity contribution in [1.82, 2.24) is 4.98 Å². The number of nitrogens with zero attached hydrogens (tertiary/aromatic N) is 1. The average Bonchev–Trinajstić information content (AvgIpc) is 2.42. The predicted molar refractivity (Wildman–Crippen MR) is 76.6 cm³/mol. The number of carbonyl (C=O) groups excluding carboxylic acids is 1. The third-order valence-electron chi connectivity index (χ3n) is 2.66. The number of rotatable bonds is 4. The molecule has 0 radical (unpaired) electrons. The van der Waals surface area contributed by atoms with Crippen molar-refractivity contribution >= 4 is 27.5 Å². The Labute approximate surface area is 119 Å². The largest absolute Gasteiger partial charge is 0.392 e. The van der Waals surface area contributed by atoms with Gasteiger partial charge in [0.1, 0.15) is 0 Å². The molecule has 1 amide bonds. The van der Waals surface area contributed by atoms with Gasteiger partial charge in [0, 0.05) is 16.2 Å². The SMILES string of the molecule is O=C(Cc1ccccc1Br)Nc1cnccc1CO. The first kappa shape index (κ1) is 13.7. The van der Waals surface area contributed by atoms with Crippen molar-refractivity contribution in [2.24, 2.45) is 0 Å². The molecular weight excluding hydrogens is 308 g/mol. The minimum Gasteiger partial charge on any atom is -0.392 e. The molecule has 1 aromatic carbocycles. The smallest absolute Gasteiger partial charge is 0.228 e. The zero-order valence-corrected chi connectivity index (χ0v) is 11.7. The molecule has 0 unspecified atom stereocenters.